The molecule has 1 heterocycles. The van der Waals surface area contributed by atoms with Gasteiger partial charge < -0.3 is 5.32 Å². The molecule has 2 nitrogen and oxygen atoms in total. The highest BCUT2D eigenvalue weighted by molar-refractivity contribution is 7.11. The minimum Gasteiger partial charge on any atom is -0.310 e. The van der Waals surface area contributed by atoms with Crippen LogP contribution in [0.25, 0.3) is 0 Å². The molecule has 1 rings (SSSR count). The summed E-state index contributed by atoms with van der Waals surface area (Å²) in [5, 5.41) is 4.72. The second-order valence-electron chi connectivity index (χ2n) is 5.57. The van der Waals surface area contributed by atoms with Gasteiger partial charge in [0, 0.05) is 17.3 Å². The summed E-state index contributed by atoms with van der Waals surface area (Å²) in [4.78, 5) is 6.07. The Bertz CT molecular complexity index is 336. The average molecular weight is 240 g/mol. The molecule has 16 heavy (non-hydrogen) atoms. The van der Waals surface area contributed by atoms with Gasteiger partial charge in [0.15, 0.2) is 0 Å². The minimum atomic E-state index is 0.322. The number of rotatable bonds is 4. The van der Waals surface area contributed by atoms with Crippen LogP contribution in [0.2, 0.25) is 0 Å². The molecule has 1 unspecified atom stereocenters. The first-order valence-corrected chi connectivity index (χ1v) is 6.84. The van der Waals surface area contributed by atoms with Crippen molar-refractivity contribution in [3.05, 3.63) is 15.6 Å². The van der Waals surface area contributed by atoms with Gasteiger partial charge in [0.05, 0.1) is 10.7 Å². The molecule has 0 aromatic carbocycles. The van der Waals surface area contributed by atoms with Gasteiger partial charge in [-0.25, -0.2) is 4.98 Å². The van der Waals surface area contributed by atoms with E-state index in [2.05, 4.69) is 51.8 Å². The number of aromatic nitrogens is 1. The van der Waals surface area contributed by atoms with E-state index in [9.17, 15) is 0 Å². The SMILES string of the molecule is CCNC(C)c1sc(CC(C)(C)C)nc1C. The number of aryl methyl sites for hydroxylation is 1. The fraction of sp³-hybridized carbons (Fsp3) is 0.769. The molecular formula is C13H24N2S. The van der Waals surface area contributed by atoms with Gasteiger partial charge in [-0.05, 0) is 25.8 Å². The van der Waals surface area contributed by atoms with Crippen molar-refractivity contribution in [1.82, 2.24) is 10.3 Å². The van der Waals surface area contributed by atoms with E-state index in [1.807, 2.05) is 11.3 Å². The maximum absolute atomic E-state index is 4.68. The molecule has 1 atom stereocenters. The molecule has 0 aliphatic rings. The van der Waals surface area contributed by atoms with Gasteiger partial charge in [0.2, 0.25) is 0 Å². The van der Waals surface area contributed by atoms with E-state index >= 15 is 0 Å². The molecule has 1 aromatic rings. The van der Waals surface area contributed by atoms with Crippen LogP contribution < -0.4 is 5.32 Å². The zero-order valence-corrected chi connectivity index (χ0v) is 12.2. The molecule has 92 valence electrons. The highest BCUT2D eigenvalue weighted by atomic mass is 32.1. The highest BCUT2D eigenvalue weighted by Gasteiger charge is 2.18. The van der Waals surface area contributed by atoms with E-state index in [0.29, 0.717) is 11.5 Å². The van der Waals surface area contributed by atoms with Crippen molar-refractivity contribution in [2.75, 3.05) is 6.54 Å². The molecular weight excluding hydrogens is 216 g/mol. The molecule has 1 N–H and O–H groups in total. The van der Waals surface area contributed by atoms with Gasteiger partial charge in [-0.2, -0.15) is 0 Å². The van der Waals surface area contributed by atoms with E-state index in [1.54, 1.807) is 0 Å². The zero-order chi connectivity index (χ0) is 12.3. The summed E-state index contributed by atoms with van der Waals surface area (Å²) in [5.41, 5.74) is 1.51. The molecule has 0 fully saturated rings. The van der Waals surface area contributed by atoms with Gasteiger partial charge in [-0.1, -0.05) is 27.7 Å². The van der Waals surface area contributed by atoms with Crippen molar-refractivity contribution < 1.29 is 0 Å². The maximum atomic E-state index is 4.68. The summed E-state index contributed by atoms with van der Waals surface area (Å²) in [6.07, 6.45) is 1.07. The lowest BCUT2D eigenvalue weighted by molar-refractivity contribution is 0.410. The van der Waals surface area contributed by atoms with Gasteiger partial charge in [0.1, 0.15) is 0 Å². The van der Waals surface area contributed by atoms with Crippen molar-refractivity contribution in [1.29, 1.82) is 0 Å². The van der Waals surface area contributed by atoms with E-state index in [0.717, 1.165) is 13.0 Å². The fourth-order valence-corrected chi connectivity index (χ4v) is 3.19. The average Bonchev–Trinajstić information content (AvgIpc) is 2.44. The summed E-state index contributed by atoms with van der Waals surface area (Å²) < 4.78 is 0. The zero-order valence-electron chi connectivity index (χ0n) is 11.3. The Balaban J connectivity index is 2.81. The van der Waals surface area contributed by atoms with Crippen molar-refractivity contribution in [2.45, 2.75) is 54.0 Å². The minimum absolute atomic E-state index is 0.322. The monoisotopic (exact) mass is 240 g/mol. The Hall–Kier alpha value is -0.410. The molecule has 0 aliphatic heterocycles. The topological polar surface area (TPSA) is 24.9 Å². The molecule has 0 saturated carbocycles. The third-order valence-electron chi connectivity index (χ3n) is 2.46. The van der Waals surface area contributed by atoms with Crippen LogP contribution in [0.5, 0.6) is 0 Å². The molecule has 0 bridgehead atoms. The predicted octanol–water partition coefficient (Wildman–Crippen LogP) is 3.71. The van der Waals surface area contributed by atoms with Crippen LogP contribution in [-0.2, 0) is 6.42 Å². The number of thiazole rings is 1. The lowest BCUT2D eigenvalue weighted by Crippen LogP contribution is -2.17. The third-order valence-corrected chi connectivity index (χ3v) is 3.80. The lowest BCUT2D eigenvalue weighted by atomic mass is 9.93. The standard InChI is InChI=1S/C13H24N2S/c1-7-14-9(2)12-10(3)15-11(16-12)8-13(4,5)6/h9,14H,7-8H2,1-6H3. The van der Waals surface area contributed by atoms with Crippen LogP contribution in [0, 0.1) is 12.3 Å². The smallest absolute Gasteiger partial charge is 0.0936 e. The highest BCUT2D eigenvalue weighted by Crippen LogP contribution is 2.29. The van der Waals surface area contributed by atoms with E-state index < -0.39 is 0 Å². The molecule has 0 spiro atoms. The quantitative estimate of drug-likeness (QED) is 0.868. The van der Waals surface area contributed by atoms with Crippen molar-refractivity contribution in [3.8, 4) is 0 Å². The van der Waals surface area contributed by atoms with Crippen LogP contribution in [-0.4, -0.2) is 11.5 Å². The lowest BCUT2D eigenvalue weighted by Gasteiger charge is -2.15. The van der Waals surface area contributed by atoms with Gasteiger partial charge in [-0.15, -0.1) is 11.3 Å². The molecule has 0 aliphatic carbocycles. The summed E-state index contributed by atoms with van der Waals surface area (Å²) in [7, 11) is 0. The molecule has 3 heteroatoms. The molecule has 0 radical (unpaired) electrons. The number of nitrogens with one attached hydrogen (secondary N) is 1. The van der Waals surface area contributed by atoms with Crippen molar-refractivity contribution >= 4 is 11.3 Å². The van der Waals surface area contributed by atoms with Gasteiger partial charge in [0.25, 0.3) is 0 Å². The van der Waals surface area contributed by atoms with Crippen LogP contribution >= 0.6 is 11.3 Å². The first-order valence-electron chi connectivity index (χ1n) is 6.03. The summed E-state index contributed by atoms with van der Waals surface area (Å²) in [6, 6.07) is 0.427. The Labute approximate surface area is 103 Å². The Morgan fingerprint density at radius 2 is 2.00 bits per heavy atom. The van der Waals surface area contributed by atoms with E-state index in [1.165, 1.54) is 15.6 Å². The Morgan fingerprint density at radius 1 is 1.38 bits per heavy atom. The predicted molar refractivity (Wildman–Crippen MR) is 72.1 cm³/mol. The third kappa shape index (κ3) is 3.87. The Kier molecular flexibility index (Phi) is 4.51. The normalized spacial score (nSPS) is 14.1. The summed E-state index contributed by atoms with van der Waals surface area (Å²) in [5.74, 6) is 0. The second-order valence-corrected chi connectivity index (χ2v) is 6.69. The van der Waals surface area contributed by atoms with Crippen molar-refractivity contribution in [3.63, 3.8) is 0 Å². The van der Waals surface area contributed by atoms with Crippen LogP contribution in [0.4, 0.5) is 0 Å². The van der Waals surface area contributed by atoms with Gasteiger partial charge >= 0.3 is 0 Å². The largest absolute Gasteiger partial charge is 0.310 e. The summed E-state index contributed by atoms with van der Waals surface area (Å²) >= 11 is 1.86. The van der Waals surface area contributed by atoms with E-state index in [-0.39, 0.29) is 0 Å². The second kappa shape index (κ2) is 5.28. The number of nitrogens with zero attached hydrogens (tertiary/aromatic N) is 1. The van der Waals surface area contributed by atoms with Crippen LogP contribution in [0.3, 0.4) is 0 Å². The fourth-order valence-electron chi connectivity index (χ4n) is 1.80. The Morgan fingerprint density at radius 3 is 2.50 bits per heavy atom. The van der Waals surface area contributed by atoms with Gasteiger partial charge in [-0.3, -0.25) is 0 Å². The number of hydrogen-bond acceptors (Lipinski definition) is 3. The first kappa shape index (κ1) is 13.7. The van der Waals surface area contributed by atoms with Crippen LogP contribution in [0.15, 0.2) is 0 Å². The first-order chi connectivity index (χ1) is 7.33. The molecule has 1 aromatic heterocycles. The van der Waals surface area contributed by atoms with Crippen molar-refractivity contribution in [2.24, 2.45) is 5.41 Å². The number of hydrogen-bond donors (Lipinski definition) is 1. The molecule has 0 amide bonds. The molecule has 0 saturated heterocycles. The summed E-state index contributed by atoms with van der Waals surface area (Å²) in [6.45, 7) is 14.3. The maximum Gasteiger partial charge on any atom is 0.0936 e. The van der Waals surface area contributed by atoms with E-state index in [4.69, 9.17) is 0 Å². The van der Waals surface area contributed by atoms with Crippen LogP contribution in [0.1, 0.15) is 56.2 Å².